The molecule has 1 N–H and O–H groups in total. The number of nitrogens with zero attached hydrogens (tertiary/aromatic N) is 1. The second-order valence-electron chi connectivity index (χ2n) is 2.28. The van der Waals surface area contributed by atoms with Gasteiger partial charge in [0.25, 0.3) is 0 Å². The van der Waals surface area contributed by atoms with E-state index in [1.54, 1.807) is 11.3 Å². The third kappa shape index (κ3) is 1.62. The van der Waals surface area contributed by atoms with E-state index in [-0.39, 0.29) is 4.84 Å². The number of H-pyrrole nitrogens is 1. The molecule has 0 saturated carbocycles. The molecule has 0 atom stereocenters. The Kier molecular flexibility index (Phi) is 2.05. The van der Waals surface area contributed by atoms with Crippen LogP contribution in [-0.4, -0.2) is 10.1 Å². The van der Waals surface area contributed by atoms with Gasteiger partial charge in [0.1, 0.15) is 5.82 Å². The molecule has 0 aliphatic rings. The van der Waals surface area contributed by atoms with E-state index in [1.807, 2.05) is 11.4 Å². The summed E-state index contributed by atoms with van der Waals surface area (Å²) in [6.45, 7) is 0. The minimum Gasteiger partial charge on any atom is -0.348 e. The summed E-state index contributed by atoms with van der Waals surface area (Å²) in [5.41, 5.74) is 0. The number of aromatic amines is 1. The Morgan fingerprint density at radius 2 is 2.58 bits per heavy atom. The Bertz CT molecular complexity index is 401. The zero-order valence-electron chi connectivity index (χ0n) is 6.11. The van der Waals surface area contributed by atoms with Gasteiger partial charge in [-0.15, -0.1) is 11.3 Å². The van der Waals surface area contributed by atoms with E-state index in [2.05, 4.69) is 16.2 Å². The summed E-state index contributed by atoms with van der Waals surface area (Å²) in [5.74, 6) is 0.780. The molecule has 0 aromatic carbocycles. The molecule has 2 aromatic heterocycles. The fraction of sp³-hybridized carbons (Fsp3) is 0.143. The number of hydrogen-bond acceptors (Lipinski definition) is 4. The molecule has 0 fully saturated rings. The monoisotopic (exact) mass is 198 g/mol. The van der Waals surface area contributed by atoms with Crippen LogP contribution in [0.3, 0.4) is 0 Å². The Labute approximate surface area is 78.0 Å². The van der Waals surface area contributed by atoms with Crippen molar-refractivity contribution < 1.29 is 4.52 Å². The molecule has 0 radical (unpaired) electrons. The Morgan fingerprint density at radius 1 is 1.67 bits per heavy atom. The minimum atomic E-state index is 0.265. The molecule has 62 valence electrons. The van der Waals surface area contributed by atoms with Crippen molar-refractivity contribution in [2.24, 2.45) is 0 Å². The van der Waals surface area contributed by atoms with E-state index in [1.165, 1.54) is 4.88 Å². The highest BCUT2D eigenvalue weighted by Gasteiger charge is 2.00. The van der Waals surface area contributed by atoms with Gasteiger partial charge in [-0.3, -0.25) is 0 Å². The first kappa shape index (κ1) is 7.70. The molecule has 12 heavy (non-hydrogen) atoms. The Hall–Kier alpha value is -0.940. The zero-order valence-corrected chi connectivity index (χ0v) is 7.74. The topological polar surface area (TPSA) is 41.8 Å². The average Bonchev–Trinajstić information content (AvgIpc) is 2.63. The zero-order chi connectivity index (χ0) is 8.39. The van der Waals surface area contributed by atoms with Crippen molar-refractivity contribution in [3.63, 3.8) is 0 Å². The van der Waals surface area contributed by atoms with Gasteiger partial charge in [0, 0.05) is 11.3 Å². The van der Waals surface area contributed by atoms with Crippen LogP contribution in [0, 0.1) is 4.84 Å². The van der Waals surface area contributed by atoms with Gasteiger partial charge < -0.3 is 4.52 Å². The fourth-order valence-electron chi connectivity index (χ4n) is 0.912. The third-order valence-electron chi connectivity index (χ3n) is 1.40. The van der Waals surface area contributed by atoms with E-state index < -0.39 is 0 Å². The summed E-state index contributed by atoms with van der Waals surface area (Å²) in [6.07, 6.45) is 0.762. The highest BCUT2D eigenvalue weighted by atomic mass is 32.1. The smallest absolute Gasteiger partial charge is 0.314 e. The summed E-state index contributed by atoms with van der Waals surface area (Å²) in [5, 5.41) is 4.69. The summed E-state index contributed by atoms with van der Waals surface area (Å²) in [6, 6.07) is 4.06. The quantitative estimate of drug-likeness (QED) is 0.753. The largest absolute Gasteiger partial charge is 0.348 e. The lowest BCUT2D eigenvalue weighted by molar-refractivity contribution is 0.399. The highest BCUT2D eigenvalue weighted by molar-refractivity contribution is 7.71. The van der Waals surface area contributed by atoms with Gasteiger partial charge in [-0.05, 0) is 23.7 Å². The van der Waals surface area contributed by atoms with Crippen LogP contribution in [0.1, 0.15) is 10.7 Å². The fourth-order valence-corrected chi connectivity index (χ4v) is 1.77. The van der Waals surface area contributed by atoms with Crippen molar-refractivity contribution in [3.05, 3.63) is 33.1 Å². The van der Waals surface area contributed by atoms with Crippen LogP contribution < -0.4 is 0 Å². The molecule has 0 saturated heterocycles. The lowest BCUT2D eigenvalue weighted by Gasteiger charge is -1.87. The molecule has 0 aliphatic carbocycles. The van der Waals surface area contributed by atoms with Gasteiger partial charge >= 0.3 is 4.84 Å². The van der Waals surface area contributed by atoms with Crippen molar-refractivity contribution in [1.82, 2.24) is 10.1 Å². The first-order valence-electron chi connectivity index (χ1n) is 3.41. The SMILES string of the molecule is S=c1nc(Cc2cccs2)[nH]o1. The molecule has 2 aromatic rings. The first-order valence-corrected chi connectivity index (χ1v) is 4.70. The van der Waals surface area contributed by atoms with E-state index in [0.717, 1.165) is 12.2 Å². The lowest BCUT2D eigenvalue weighted by atomic mass is 10.3. The second-order valence-corrected chi connectivity index (χ2v) is 3.67. The molecule has 2 heterocycles. The van der Waals surface area contributed by atoms with E-state index in [9.17, 15) is 0 Å². The molecule has 2 rings (SSSR count). The van der Waals surface area contributed by atoms with Crippen molar-refractivity contribution >= 4 is 23.6 Å². The number of aromatic nitrogens is 2. The van der Waals surface area contributed by atoms with Crippen molar-refractivity contribution in [2.75, 3.05) is 0 Å². The van der Waals surface area contributed by atoms with E-state index in [0.29, 0.717) is 0 Å². The van der Waals surface area contributed by atoms with Gasteiger partial charge in [0.2, 0.25) is 0 Å². The van der Waals surface area contributed by atoms with Crippen molar-refractivity contribution in [1.29, 1.82) is 0 Å². The molecule has 5 heteroatoms. The standard InChI is InChI=1S/C7H6N2OS2/c11-7-8-6(9-10-7)4-5-2-1-3-12-5/h1-3H,4H2,(H,8,9,11). The summed E-state index contributed by atoms with van der Waals surface area (Å²) in [4.78, 5) is 5.50. The molecule has 0 bridgehead atoms. The normalized spacial score (nSPS) is 10.3. The maximum Gasteiger partial charge on any atom is 0.314 e. The molecular weight excluding hydrogens is 192 g/mol. The predicted molar refractivity (Wildman–Crippen MR) is 48.8 cm³/mol. The number of hydrogen-bond donors (Lipinski definition) is 1. The maximum absolute atomic E-state index is 4.80. The molecule has 3 nitrogen and oxygen atoms in total. The summed E-state index contributed by atoms with van der Waals surface area (Å²) >= 11 is 6.41. The van der Waals surface area contributed by atoms with E-state index >= 15 is 0 Å². The van der Waals surface area contributed by atoms with Crippen LogP contribution in [0.2, 0.25) is 0 Å². The highest BCUT2D eigenvalue weighted by Crippen LogP contribution is 2.11. The number of thiophene rings is 1. The van der Waals surface area contributed by atoms with Crippen LogP contribution in [-0.2, 0) is 6.42 Å². The summed E-state index contributed by atoms with van der Waals surface area (Å²) < 4.78 is 4.80. The number of nitrogens with one attached hydrogen (secondary N) is 1. The van der Waals surface area contributed by atoms with E-state index in [4.69, 9.17) is 16.7 Å². The molecular formula is C7H6N2OS2. The first-order chi connectivity index (χ1) is 5.84. The number of rotatable bonds is 2. The van der Waals surface area contributed by atoms with Gasteiger partial charge in [0.05, 0.1) is 0 Å². The Morgan fingerprint density at radius 3 is 3.17 bits per heavy atom. The van der Waals surface area contributed by atoms with Crippen molar-refractivity contribution in [2.45, 2.75) is 6.42 Å². The maximum atomic E-state index is 4.80. The van der Waals surface area contributed by atoms with Crippen LogP contribution in [0.4, 0.5) is 0 Å². The average molecular weight is 198 g/mol. The Balaban J connectivity index is 2.19. The van der Waals surface area contributed by atoms with Crippen LogP contribution in [0.15, 0.2) is 22.0 Å². The summed E-state index contributed by atoms with van der Waals surface area (Å²) in [7, 11) is 0. The minimum absolute atomic E-state index is 0.265. The lowest BCUT2D eigenvalue weighted by Crippen LogP contribution is -1.86. The molecule has 0 unspecified atom stereocenters. The van der Waals surface area contributed by atoms with Crippen molar-refractivity contribution in [3.8, 4) is 0 Å². The van der Waals surface area contributed by atoms with Gasteiger partial charge in [-0.1, -0.05) is 6.07 Å². The third-order valence-corrected chi connectivity index (χ3v) is 2.46. The second kappa shape index (κ2) is 3.20. The van der Waals surface area contributed by atoms with Gasteiger partial charge in [-0.25, -0.2) is 5.16 Å². The van der Waals surface area contributed by atoms with Crippen LogP contribution in [0.5, 0.6) is 0 Å². The molecule has 0 aliphatic heterocycles. The predicted octanol–water partition coefficient (Wildman–Crippen LogP) is 2.38. The van der Waals surface area contributed by atoms with Crippen LogP contribution >= 0.6 is 23.6 Å². The molecule has 0 spiro atoms. The van der Waals surface area contributed by atoms with Crippen LogP contribution in [0.25, 0.3) is 0 Å². The van der Waals surface area contributed by atoms with Gasteiger partial charge in [-0.2, -0.15) is 4.98 Å². The molecule has 0 amide bonds. The van der Waals surface area contributed by atoms with Gasteiger partial charge in [0.15, 0.2) is 0 Å².